The largest absolute Gasteiger partial charge is 0.462 e. The number of nitrogens with one attached hydrogen (secondary N) is 1. The SMILES string of the molecule is CCOC(=O)c1cccc2c1NC(c1ccc([N+](=O)[O-])cc1)C1CC=CC21. The quantitative estimate of drug-likeness (QED) is 0.371. The number of hydrogen-bond donors (Lipinski definition) is 1. The van der Waals surface area contributed by atoms with Crippen LogP contribution >= 0.6 is 0 Å². The molecule has 2 aromatic rings. The smallest absolute Gasteiger partial charge is 0.340 e. The topological polar surface area (TPSA) is 81.5 Å². The van der Waals surface area contributed by atoms with E-state index in [1.54, 1.807) is 25.1 Å². The fourth-order valence-corrected chi connectivity index (χ4v) is 4.13. The molecule has 0 aromatic heterocycles. The van der Waals surface area contributed by atoms with Gasteiger partial charge in [-0.3, -0.25) is 10.1 Å². The number of esters is 1. The molecule has 3 atom stereocenters. The van der Waals surface area contributed by atoms with Gasteiger partial charge in [0.1, 0.15) is 0 Å². The molecule has 27 heavy (non-hydrogen) atoms. The third-order valence-corrected chi connectivity index (χ3v) is 5.36. The summed E-state index contributed by atoms with van der Waals surface area (Å²) in [6, 6.07) is 12.3. The van der Waals surface area contributed by atoms with Crippen LogP contribution in [0.1, 0.15) is 46.8 Å². The van der Waals surface area contributed by atoms with Crippen LogP contribution in [0.5, 0.6) is 0 Å². The molecule has 6 nitrogen and oxygen atoms in total. The average Bonchev–Trinajstić information content (AvgIpc) is 3.17. The molecule has 3 unspecified atom stereocenters. The normalized spacial score (nSPS) is 22.5. The fourth-order valence-electron chi connectivity index (χ4n) is 4.13. The summed E-state index contributed by atoms with van der Waals surface area (Å²) < 4.78 is 5.22. The van der Waals surface area contributed by atoms with E-state index in [4.69, 9.17) is 4.74 Å². The predicted octanol–water partition coefficient (Wildman–Crippen LogP) is 4.60. The van der Waals surface area contributed by atoms with Crippen molar-refractivity contribution in [2.45, 2.75) is 25.3 Å². The summed E-state index contributed by atoms with van der Waals surface area (Å²) in [5.41, 5.74) is 3.47. The summed E-state index contributed by atoms with van der Waals surface area (Å²) in [7, 11) is 0. The number of nitro benzene ring substituents is 1. The minimum Gasteiger partial charge on any atom is -0.462 e. The first kappa shape index (κ1) is 17.3. The Bertz CT molecular complexity index is 920. The van der Waals surface area contributed by atoms with Gasteiger partial charge >= 0.3 is 5.97 Å². The maximum absolute atomic E-state index is 12.4. The highest BCUT2D eigenvalue weighted by Crippen LogP contribution is 2.50. The number of nitro groups is 1. The number of benzene rings is 2. The highest BCUT2D eigenvalue weighted by atomic mass is 16.6. The number of fused-ring (bicyclic) bond motifs is 3. The Morgan fingerprint density at radius 2 is 2.04 bits per heavy atom. The zero-order valence-electron chi connectivity index (χ0n) is 14.9. The molecule has 0 bridgehead atoms. The number of rotatable bonds is 4. The Kier molecular flexibility index (Phi) is 4.39. The standard InChI is InChI=1S/C21H20N2O4/c1-2-27-21(24)18-8-4-7-17-15-5-3-6-16(15)19(22-20(17)18)13-9-11-14(12-10-13)23(25)26/h3-5,7-12,15-16,19,22H,2,6H2,1H3. The molecule has 0 radical (unpaired) electrons. The first-order chi connectivity index (χ1) is 13.1. The van der Waals surface area contributed by atoms with E-state index in [1.165, 1.54) is 12.1 Å². The number of ether oxygens (including phenoxy) is 1. The lowest BCUT2D eigenvalue weighted by Crippen LogP contribution is -2.30. The van der Waals surface area contributed by atoms with Gasteiger partial charge in [0.25, 0.3) is 5.69 Å². The van der Waals surface area contributed by atoms with Gasteiger partial charge in [-0.1, -0.05) is 36.4 Å². The number of hydrogen-bond acceptors (Lipinski definition) is 5. The summed E-state index contributed by atoms with van der Waals surface area (Å²) in [6.07, 6.45) is 5.28. The van der Waals surface area contributed by atoms with E-state index in [0.29, 0.717) is 18.1 Å². The third-order valence-electron chi connectivity index (χ3n) is 5.36. The van der Waals surface area contributed by atoms with Crippen molar-refractivity contribution in [3.8, 4) is 0 Å². The molecule has 1 heterocycles. The Balaban J connectivity index is 1.75. The lowest BCUT2D eigenvalue weighted by atomic mass is 9.76. The molecule has 1 aliphatic carbocycles. The minimum absolute atomic E-state index is 0.0334. The Labute approximate surface area is 157 Å². The summed E-state index contributed by atoms with van der Waals surface area (Å²) in [5.74, 6) is 0.164. The third kappa shape index (κ3) is 2.97. The fraction of sp³-hybridized carbons (Fsp3) is 0.286. The zero-order valence-corrected chi connectivity index (χ0v) is 14.9. The minimum atomic E-state index is -0.397. The number of nitrogens with zero attached hydrogens (tertiary/aromatic N) is 1. The first-order valence-electron chi connectivity index (χ1n) is 9.07. The Morgan fingerprint density at radius 1 is 1.26 bits per heavy atom. The molecule has 4 rings (SSSR count). The van der Waals surface area contributed by atoms with Crippen molar-refractivity contribution >= 4 is 17.3 Å². The van der Waals surface area contributed by atoms with Crippen LogP contribution in [0.3, 0.4) is 0 Å². The van der Waals surface area contributed by atoms with Crippen LogP contribution in [0.4, 0.5) is 11.4 Å². The molecule has 1 aliphatic heterocycles. The van der Waals surface area contributed by atoms with Crippen LogP contribution in [0.15, 0.2) is 54.6 Å². The lowest BCUT2D eigenvalue weighted by Gasteiger charge is -2.38. The zero-order chi connectivity index (χ0) is 19.0. The van der Waals surface area contributed by atoms with E-state index in [2.05, 4.69) is 17.5 Å². The highest BCUT2D eigenvalue weighted by Gasteiger charge is 2.39. The molecule has 2 aromatic carbocycles. The van der Waals surface area contributed by atoms with Crippen molar-refractivity contribution in [3.05, 3.63) is 81.4 Å². The summed E-state index contributed by atoms with van der Waals surface area (Å²) >= 11 is 0. The van der Waals surface area contributed by atoms with Crippen LogP contribution < -0.4 is 5.32 Å². The van der Waals surface area contributed by atoms with E-state index >= 15 is 0 Å². The van der Waals surface area contributed by atoms with Crippen molar-refractivity contribution in [3.63, 3.8) is 0 Å². The van der Waals surface area contributed by atoms with Crippen molar-refractivity contribution in [2.24, 2.45) is 5.92 Å². The monoisotopic (exact) mass is 364 g/mol. The van der Waals surface area contributed by atoms with Gasteiger partial charge in [0.15, 0.2) is 0 Å². The predicted molar refractivity (Wildman–Crippen MR) is 102 cm³/mol. The molecule has 0 saturated carbocycles. The molecule has 6 heteroatoms. The number of carbonyl (C=O) groups excluding carboxylic acids is 1. The number of non-ortho nitro benzene ring substituents is 1. The molecule has 138 valence electrons. The van der Waals surface area contributed by atoms with Crippen molar-refractivity contribution in [2.75, 3.05) is 11.9 Å². The molecule has 0 saturated heterocycles. The number of para-hydroxylation sites is 1. The summed E-state index contributed by atoms with van der Waals surface area (Å²) in [4.78, 5) is 23.0. The van der Waals surface area contributed by atoms with Crippen LogP contribution in [-0.2, 0) is 4.74 Å². The average molecular weight is 364 g/mol. The van der Waals surface area contributed by atoms with E-state index in [0.717, 1.165) is 23.2 Å². The first-order valence-corrected chi connectivity index (χ1v) is 9.07. The van der Waals surface area contributed by atoms with Crippen LogP contribution in [-0.4, -0.2) is 17.5 Å². The maximum atomic E-state index is 12.4. The molecular formula is C21H20N2O4. The van der Waals surface area contributed by atoms with Gasteiger partial charge in [0.2, 0.25) is 0 Å². The molecule has 0 fully saturated rings. The summed E-state index contributed by atoms with van der Waals surface area (Å²) in [6.45, 7) is 2.11. The number of carbonyl (C=O) groups is 1. The molecule has 0 spiro atoms. The lowest BCUT2D eigenvalue weighted by molar-refractivity contribution is -0.384. The highest BCUT2D eigenvalue weighted by molar-refractivity contribution is 5.97. The van der Waals surface area contributed by atoms with Gasteiger partial charge < -0.3 is 10.1 Å². The number of allylic oxidation sites excluding steroid dienone is 2. The Morgan fingerprint density at radius 3 is 2.74 bits per heavy atom. The number of anilines is 1. The molecular weight excluding hydrogens is 344 g/mol. The van der Waals surface area contributed by atoms with Crippen molar-refractivity contribution in [1.29, 1.82) is 0 Å². The Hall–Kier alpha value is -3.15. The van der Waals surface area contributed by atoms with Gasteiger partial charge in [-0.25, -0.2) is 4.79 Å². The van der Waals surface area contributed by atoms with Gasteiger partial charge in [0.05, 0.1) is 28.8 Å². The van der Waals surface area contributed by atoms with E-state index < -0.39 is 4.92 Å². The van der Waals surface area contributed by atoms with E-state index in [-0.39, 0.29) is 23.6 Å². The molecule has 0 amide bonds. The second-order valence-corrected chi connectivity index (χ2v) is 6.81. The van der Waals surface area contributed by atoms with Crippen LogP contribution in [0, 0.1) is 16.0 Å². The maximum Gasteiger partial charge on any atom is 0.340 e. The van der Waals surface area contributed by atoms with Gasteiger partial charge in [-0.05, 0) is 36.5 Å². The van der Waals surface area contributed by atoms with Crippen LogP contribution in [0.25, 0.3) is 0 Å². The second kappa shape index (κ2) is 6.87. The van der Waals surface area contributed by atoms with Gasteiger partial charge in [-0.2, -0.15) is 0 Å². The second-order valence-electron chi connectivity index (χ2n) is 6.81. The molecule has 2 aliphatic rings. The summed E-state index contributed by atoms with van der Waals surface area (Å²) in [5, 5.41) is 14.5. The van der Waals surface area contributed by atoms with Gasteiger partial charge in [0, 0.05) is 18.1 Å². The van der Waals surface area contributed by atoms with Crippen LogP contribution in [0.2, 0.25) is 0 Å². The molecule has 1 N–H and O–H groups in total. The van der Waals surface area contributed by atoms with Gasteiger partial charge in [-0.15, -0.1) is 0 Å². The van der Waals surface area contributed by atoms with Crippen molar-refractivity contribution < 1.29 is 14.5 Å². The van der Waals surface area contributed by atoms with E-state index in [9.17, 15) is 14.9 Å². The van der Waals surface area contributed by atoms with E-state index in [1.807, 2.05) is 12.1 Å². The van der Waals surface area contributed by atoms with Crippen molar-refractivity contribution in [1.82, 2.24) is 0 Å².